The van der Waals surface area contributed by atoms with Crippen molar-refractivity contribution < 1.29 is 14.3 Å². The van der Waals surface area contributed by atoms with Crippen molar-refractivity contribution in [3.05, 3.63) is 24.3 Å². The van der Waals surface area contributed by atoms with E-state index in [-0.39, 0.29) is 18.4 Å². The molecule has 1 aliphatic rings. The van der Waals surface area contributed by atoms with Gasteiger partial charge in [0.05, 0.1) is 24.1 Å². The number of methoxy groups -OCH3 is 1. The molecular formula is C18H24N4O3. The number of imidazole rings is 1. The first-order chi connectivity index (χ1) is 12.1. The largest absolute Gasteiger partial charge is 0.468 e. The molecule has 0 radical (unpaired) electrons. The molecule has 7 heteroatoms. The minimum Gasteiger partial charge on any atom is -0.468 e. The van der Waals surface area contributed by atoms with Gasteiger partial charge in [-0.05, 0) is 31.9 Å². The third kappa shape index (κ3) is 3.60. The van der Waals surface area contributed by atoms with Crippen molar-refractivity contribution in [3.8, 4) is 0 Å². The number of carbonyl (C=O) groups is 2. The van der Waals surface area contributed by atoms with Crippen molar-refractivity contribution >= 4 is 28.9 Å². The molecule has 1 unspecified atom stereocenters. The van der Waals surface area contributed by atoms with Crippen LogP contribution >= 0.6 is 0 Å². The van der Waals surface area contributed by atoms with Gasteiger partial charge in [-0.1, -0.05) is 12.1 Å². The highest BCUT2D eigenvalue weighted by molar-refractivity contribution is 5.84. The monoisotopic (exact) mass is 344 g/mol. The van der Waals surface area contributed by atoms with Crippen molar-refractivity contribution in [1.82, 2.24) is 14.9 Å². The Morgan fingerprint density at radius 2 is 2.16 bits per heavy atom. The molecule has 1 N–H and O–H groups in total. The van der Waals surface area contributed by atoms with Crippen LogP contribution in [0.25, 0.3) is 11.0 Å². The number of nitrogens with one attached hydrogen (secondary N) is 1. The fourth-order valence-corrected chi connectivity index (χ4v) is 3.36. The minimum atomic E-state index is -0.436. The van der Waals surface area contributed by atoms with E-state index in [2.05, 4.69) is 32.5 Å². The second-order valence-corrected chi connectivity index (χ2v) is 6.22. The van der Waals surface area contributed by atoms with Gasteiger partial charge < -0.3 is 19.5 Å². The number of esters is 1. The minimum absolute atomic E-state index is 0.0840. The van der Waals surface area contributed by atoms with Crippen LogP contribution in [0.1, 0.15) is 19.8 Å². The molecule has 1 atom stereocenters. The zero-order chi connectivity index (χ0) is 17.8. The van der Waals surface area contributed by atoms with Gasteiger partial charge in [-0.25, -0.2) is 4.98 Å². The SMILES string of the molecule is CCn1c(N2CCCC(C(=O)NCC(=O)OC)C2)nc2ccccc21. The number of hydrogen-bond donors (Lipinski definition) is 1. The number of para-hydroxylation sites is 2. The van der Waals surface area contributed by atoms with Gasteiger partial charge in [0.15, 0.2) is 0 Å². The Hall–Kier alpha value is -2.57. The summed E-state index contributed by atoms with van der Waals surface area (Å²) < 4.78 is 6.75. The predicted octanol–water partition coefficient (Wildman–Crippen LogP) is 1.56. The van der Waals surface area contributed by atoms with Gasteiger partial charge in [0.2, 0.25) is 11.9 Å². The number of ether oxygens (including phenoxy) is 1. The number of aryl methyl sites for hydroxylation is 1. The first-order valence-corrected chi connectivity index (χ1v) is 8.68. The Balaban J connectivity index is 1.75. The van der Waals surface area contributed by atoms with E-state index in [0.717, 1.165) is 42.9 Å². The summed E-state index contributed by atoms with van der Waals surface area (Å²) in [5.74, 6) is 0.223. The zero-order valence-electron chi connectivity index (χ0n) is 14.7. The third-order valence-corrected chi connectivity index (χ3v) is 4.66. The van der Waals surface area contributed by atoms with Crippen molar-refractivity contribution in [3.63, 3.8) is 0 Å². The quantitative estimate of drug-likeness (QED) is 0.833. The van der Waals surface area contributed by atoms with Crippen LogP contribution in [-0.4, -0.2) is 48.2 Å². The summed E-state index contributed by atoms with van der Waals surface area (Å²) >= 11 is 0. The molecule has 1 aromatic carbocycles. The summed E-state index contributed by atoms with van der Waals surface area (Å²) in [4.78, 5) is 30.5. The standard InChI is InChI=1S/C18H24N4O3/c1-3-22-15-9-5-4-8-14(15)20-18(22)21-10-6-7-13(12-21)17(24)19-11-16(23)25-2/h4-5,8-9,13H,3,6-7,10-12H2,1-2H3,(H,19,24). The lowest BCUT2D eigenvalue weighted by Crippen LogP contribution is -2.45. The van der Waals surface area contributed by atoms with Crippen LogP contribution in [0.4, 0.5) is 5.95 Å². The number of anilines is 1. The van der Waals surface area contributed by atoms with Crippen LogP contribution in [-0.2, 0) is 20.9 Å². The molecule has 1 amide bonds. The lowest BCUT2D eigenvalue weighted by atomic mass is 9.97. The van der Waals surface area contributed by atoms with Crippen LogP contribution in [0.3, 0.4) is 0 Å². The van der Waals surface area contributed by atoms with Crippen molar-refractivity contribution in [2.24, 2.45) is 5.92 Å². The van der Waals surface area contributed by atoms with E-state index in [1.807, 2.05) is 18.2 Å². The van der Waals surface area contributed by atoms with E-state index in [9.17, 15) is 9.59 Å². The predicted molar refractivity (Wildman–Crippen MR) is 95.4 cm³/mol. The molecule has 2 heterocycles. The van der Waals surface area contributed by atoms with Crippen LogP contribution in [0.15, 0.2) is 24.3 Å². The highest BCUT2D eigenvalue weighted by Crippen LogP contribution is 2.27. The molecule has 25 heavy (non-hydrogen) atoms. The number of hydrogen-bond acceptors (Lipinski definition) is 5. The molecule has 134 valence electrons. The average Bonchev–Trinajstić information content (AvgIpc) is 3.04. The second-order valence-electron chi connectivity index (χ2n) is 6.22. The van der Waals surface area contributed by atoms with E-state index in [0.29, 0.717) is 6.54 Å². The maximum absolute atomic E-state index is 12.3. The second kappa shape index (κ2) is 7.55. The molecule has 0 saturated carbocycles. The summed E-state index contributed by atoms with van der Waals surface area (Å²) in [7, 11) is 1.31. The summed E-state index contributed by atoms with van der Waals surface area (Å²) in [5, 5.41) is 2.66. The number of aromatic nitrogens is 2. The topological polar surface area (TPSA) is 76.5 Å². The number of carbonyl (C=O) groups excluding carboxylic acids is 2. The molecule has 1 aliphatic heterocycles. The number of rotatable bonds is 5. The first kappa shape index (κ1) is 17.3. The number of fused-ring (bicyclic) bond motifs is 1. The summed E-state index contributed by atoms with van der Waals surface area (Å²) in [6, 6.07) is 8.08. The molecule has 7 nitrogen and oxygen atoms in total. The van der Waals surface area contributed by atoms with Gasteiger partial charge in [0.1, 0.15) is 6.54 Å². The summed E-state index contributed by atoms with van der Waals surface area (Å²) in [6.07, 6.45) is 1.74. The first-order valence-electron chi connectivity index (χ1n) is 8.68. The third-order valence-electron chi connectivity index (χ3n) is 4.66. The lowest BCUT2D eigenvalue weighted by molar-refractivity contribution is -0.141. The van der Waals surface area contributed by atoms with Gasteiger partial charge in [-0.2, -0.15) is 0 Å². The number of piperidine rings is 1. The summed E-state index contributed by atoms with van der Waals surface area (Å²) in [6.45, 7) is 4.33. The molecular weight excluding hydrogens is 320 g/mol. The van der Waals surface area contributed by atoms with Gasteiger partial charge in [0, 0.05) is 19.6 Å². The van der Waals surface area contributed by atoms with E-state index in [4.69, 9.17) is 4.98 Å². The maximum Gasteiger partial charge on any atom is 0.325 e. The Bertz CT molecular complexity index is 771. The van der Waals surface area contributed by atoms with Crippen LogP contribution < -0.4 is 10.2 Å². The number of amides is 1. The zero-order valence-corrected chi connectivity index (χ0v) is 14.7. The Kier molecular flexibility index (Phi) is 5.21. The lowest BCUT2D eigenvalue weighted by Gasteiger charge is -2.33. The van der Waals surface area contributed by atoms with Crippen molar-refractivity contribution in [2.75, 3.05) is 31.6 Å². The van der Waals surface area contributed by atoms with Gasteiger partial charge in [-0.15, -0.1) is 0 Å². The molecule has 1 fully saturated rings. The molecule has 0 bridgehead atoms. The maximum atomic E-state index is 12.3. The normalized spacial score (nSPS) is 17.5. The molecule has 1 aromatic heterocycles. The van der Waals surface area contributed by atoms with E-state index < -0.39 is 5.97 Å². The highest BCUT2D eigenvalue weighted by Gasteiger charge is 2.28. The fourth-order valence-electron chi connectivity index (χ4n) is 3.36. The van der Waals surface area contributed by atoms with Gasteiger partial charge in [0.25, 0.3) is 0 Å². The molecule has 2 aromatic rings. The highest BCUT2D eigenvalue weighted by atomic mass is 16.5. The van der Waals surface area contributed by atoms with Crippen molar-refractivity contribution in [2.45, 2.75) is 26.3 Å². The Morgan fingerprint density at radius 3 is 2.92 bits per heavy atom. The average molecular weight is 344 g/mol. The van der Waals surface area contributed by atoms with E-state index in [1.165, 1.54) is 7.11 Å². The molecule has 0 aliphatic carbocycles. The van der Waals surface area contributed by atoms with Crippen LogP contribution in [0.5, 0.6) is 0 Å². The van der Waals surface area contributed by atoms with Crippen LogP contribution in [0, 0.1) is 5.92 Å². The smallest absolute Gasteiger partial charge is 0.325 e. The Labute approximate surface area is 147 Å². The number of nitrogens with zero attached hydrogens (tertiary/aromatic N) is 3. The van der Waals surface area contributed by atoms with Gasteiger partial charge >= 0.3 is 5.97 Å². The van der Waals surface area contributed by atoms with Crippen LogP contribution in [0.2, 0.25) is 0 Å². The Morgan fingerprint density at radius 1 is 1.36 bits per heavy atom. The van der Waals surface area contributed by atoms with Crippen molar-refractivity contribution in [1.29, 1.82) is 0 Å². The molecule has 3 rings (SSSR count). The fraction of sp³-hybridized carbons (Fsp3) is 0.500. The molecule has 1 saturated heterocycles. The van der Waals surface area contributed by atoms with E-state index in [1.54, 1.807) is 0 Å². The van der Waals surface area contributed by atoms with Gasteiger partial charge in [-0.3, -0.25) is 9.59 Å². The number of benzene rings is 1. The summed E-state index contributed by atoms with van der Waals surface area (Å²) in [5.41, 5.74) is 2.08. The van der Waals surface area contributed by atoms with E-state index >= 15 is 0 Å². The molecule has 0 spiro atoms.